The Morgan fingerprint density at radius 3 is 2.73 bits per heavy atom. The average Bonchev–Trinajstić information content (AvgIpc) is 2.69. The van der Waals surface area contributed by atoms with Gasteiger partial charge in [-0.25, -0.2) is 0 Å². The number of carbonyl (C=O) groups excluding carboxylic acids is 1. The highest BCUT2D eigenvalue weighted by Crippen LogP contribution is 2.40. The van der Waals surface area contributed by atoms with Crippen molar-refractivity contribution < 1.29 is 13.9 Å². The SMILES string of the molecule is Cc1ccc(C2CC(C)(C)OC2C=O)o1. The molecule has 3 nitrogen and oxygen atoms in total. The zero-order valence-electron chi connectivity index (χ0n) is 9.32. The number of aryl methyl sites for hydroxylation is 1. The summed E-state index contributed by atoms with van der Waals surface area (Å²) in [6.07, 6.45) is 1.33. The molecular weight excluding hydrogens is 192 g/mol. The van der Waals surface area contributed by atoms with Gasteiger partial charge in [0.15, 0.2) is 0 Å². The molecule has 2 atom stereocenters. The Morgan fingerprint density at radius 1 is 1.47 bits per heavy atom. The Balaban J connectivity index is 2.25. The smallest absolute Gasteiger partial charge is 0.149 e. The van der Waals surface area contributed by atoms with Gasteiger partial charge in [0.2, 0.25) is 0 Å². The van der Waals surface area contributed by atoms with Gasteiger partial charge in [0.25, 0.3) is 0 Å². The van der Waals surface area contributed by atoms with Crippen molar-refractivity contribution in [2.75, 3.05) is 0 Å². The maximum absolute atomic E-state index is 10.9. The summed E-state index contributed by atoms with van der Waals surface area (Å²) in [5.41, 5.74) is -0.239. The van der Waals surface area contributed by atoms with E-state index in [2.05, 4.69) is 0 Å². The first-order chi connectivity index (χ1) is 7.02. The van der Waals surface area contributed by atoms with E-state index >= 15 is 0 Å². The number of aldehydes is 1. The highest BCUT2D eigenvalue weighted by Gasteiger charge is 2.42. The number of hydrogen-bond acceptors (Lipinski definition) is 3. The fraction of sp³-hybridized carbons (Fsp3) is 0.583. The minimum absolute atomic E-state index is 0.0613. The molecule has 1 saturated heterocycles. The fourth-order valence-electron chi connectivity index (χ4n) is 2.18. The molecule has 0 aliphatic carbocycles. The van der Waals surface area contributed by atoms with E-state index in [1.54, 1.807) is 0 Å². The van der Waals surface area contributed by atoms with E-state index in [1.165, 1.54) is 0 Å². The lowest BCUT2D eigenvalue weighted by Crippen LogP contribution is -2.20. The first-order valence-electron chi connectivity index (χ1n) is 5.21. The standard InChI is InChI=1S/C12H16O3/c1-8-4-5-10(14-8)9-6-12(2,3)15-11(9)7-13/h4-5,7,9,11H,6H2,1-3H3. The topological polar surface area (TPSA) is 39.4 Å². The summed E-state index contributed by atoms with van der Waals surface area (Å²) in [7, 11) is 0. The van der Waals surface area contributed by atoms with Gasteiger partial charge in [-0.3, -0.25) is 0 Å². The molecule has 0 amide bonds. The van der Waals surface area contributed by atoms with Gasteiger partial charge in [0.1, 0.15) is 23.9 Å². The van der Waals surface area contributed by atoms with Crippen molar-refractivity contribution in [2.45, 2.75) is 44.8 Å². The predicted octanol–water partition coefficient (Wildman–Crippen LogP) is 2.44. The number of furan rings is 1. The van der Waals surface area contributed by atoms with E-state index < -0.39 is 0 Å². The summed E-state index contributed by atoms with van der Waals surface area (Å²) in [6.45, 7) is 5.90. The van der Waals surface area contributed by atoms with E-state index in [0.717, 1.165) is 24.2 Å². The number of hydrogen-bond donors (Lipinski definition) is 0. The molecule has 2 unspecified atom stereocenters. The third kappa shape index (κ3) is 1.97. The monoisotopic (exact) mass is 208 g/mol. The molecule has 0 N–H and O–H groups in total. The quantitative estimate of drug-likeness (QED) is 0.701. The molecule has 0 spiro atoms. The zero-order chi connectivity index (χ0) is 11.1. The second kappa shape index (κ2) is 3.49. The summed E-state index contributed by atoms with van der Waals surface area (Å²) in [4.78, 5) is 10.9. The fourth-order valence-corrected chi connectivity index (χ4v) is 2.18. The lowest BCUT2D eigenvalue weighted by atomic mass is 9.92. The molecule has 1 aliphatic heterocycles. The van der Waals surface area contributed by atoms with Crippen molar-refractivity contribution in [3.05, 3.63) is 23.7 Å². The highest BCUT2D eigenvalue weighted by molar-refractivity contribution is 5.59. The second-order valence-electron chi connectivity index (χ2n) is 4.74. The summed E-state index contributed by atoms with van der Waals surface area (Å²) < 4.78 is 11.2. The summed E-state index contributed by atoms with van der Waals surface area (Å²) in [5.74, 6) is 1.79. The van der Waals surface area contributed by atoms with Crippen molar-refractivity contribution >= 4 is 6.29 Å². The second-order valence-corrected chi connectivity index (χ2v) is 4.74. The van der Waals surface area contributed by atoms with Crippen LogP contribution in [0.25, 0.3) is 0 Å². The van der Waals surface area contributed by atoms with E-state index in [9.17, 15) is 4.79 Å². The van der Waals surface area contributed by atoms with Crippen molar-refractivity contribution in [1.82, 2.24) is 0 Å². The third-order valence-electron chi connectivity index (χ3n) is 2.82. The molecule has 2 rings (SSSR count). The van der Waals surface area contributed by atoms with Crippen LogP contribution in [0.3, 0.4) is 0 Å². The molecule has 15 heavy (non-hydrogen) atoms. The van der Waals surface area contributed by atoms with Crippen LogP contribution in [-0.4, -0.2) is 18.0 Å². The third-order valence-corrected chi connectivity index (χ3v) is 2.82. The Bertz CT molecular complexity index is 365. The van der Waals surface area contributed by atoms with Gasteiger partial charge in [-0.2, -0.15) is 0 Å². The molecule has 0 aromatic carbocycles. The Hall–Kier alpha value is -1.09. The van der Waals surface area contributed by atoms with E-state index in [-0.39, 0.29) is 17.6 Å². The maximum atomic E-state index is 10.9. The van der Waals surface area contributed by atoms with Crippen LogP contribution in [0.1, 0.15) is 37.7 Å². The largest absolute Gasteiger partial charge is 0.466 e. The van der Waals surface area contributed by atoms with Crippen LogP contribution in [0.5, 0.6) is 0 Å². The molecule has 1 aliphatic rings. The molecule has 1 fully saturated rings. The van der Waals surface area contributed by atoms with Crippen LogP contribution in [0.4, 0.5) is 0 Å². The minimum Gasteiger partial charge on any atom is -0.466 e. The first-order valence-corrected chi connectivity index (χ1v) is 5.21. The van der Waals surface area contributed by atoms with Gasteiger partial charge in [-0.05, 0) is 39.3 Å². The lowest BCUT2D eigenvalue weighted by Gasteiger charge is -2.16. The molecule has 0 saturated carbocycles. The van der Waals surface area contributed by atoms with Crippen LogP contribution in [0, 0.1) is 6.92 Å². The summed E-state index contributed by atoms with van der Waals surface area (Å²) in [5, 5.41) is 0. The first kappa shape index (κ1) is 10.4. The van der Waals surface area contributed by atoms with Crippen LogP contribution in [0.2, 0.25) is 0 Å². The van der Waals surface area contributed by atoms with E-state index in [1.807, 2.05) is 32.9 Å². The zero-order valence-corrected chi connectivity index (χ0v) is 9.32. The maximum Gasteiger partial charge on any atom is 0.149 e. The van der Waals surface area contributed by atoms with Gasteiger partial charge in [0, 0.05) is 0 Å². The van der Waals surface area contributed by atoms with Crippen LogP contribution in [-0.2, 0) is 9.53 Å². The van der Waals surface area contributed by atoms with Crippen LogP contribution >= 0.6 is 0 Å². The Kier molecular flexibility index (Phi) is 2.43. The van der Waals surface area contributed by atoms with Crippen LogP contribution < -0.4 is 0 Å². The van der Waals surface area contributed by atoms with Crippen molar-refractivity contribution in [3.63, 3.8) is 0 Å². The van der Waals surface area contributed by atoms with Gasteiger partial charge in [-0.1, -0.05) is 0 Å². The molecule has 82 valence electrons. The van der Waals surface area contributed by atoms with E-state index in [0.29, 0.717) is 0 Å². The normalized spacial score (nSPS) is 29.3. The minimum atomic E-state index is -0.370. The Labute approximate surface area is 89.4 Å². The number of rotatable bonds is 2. The van der Waals surface area contributed by atoms with Crippen molar-refractivity contribution in [2.24, 2.45) is 0 Å². The molecule has 0 bridgehead atoms. The average molecular weight is 208 g/mol. The lowest BCUT2D eigenvalue weighted by molar-refractivity contribution is -0.121. The predicted molar refractivity (Wildman–Crippen MR) is 55.8 cm³/mol. The molecular formula is C12H16O3. The highest BCUT2D eigenvalue weighted by atomic mass is 16.5. The van der Waals surface area contributed by atoms with Crippen molar-refractivity contribution in [3.8, 4) is 0 Å². The molecule has 0 radical (unpaired) electrons. The van der Waals surface area contributed by atoms with E-state index in [4.69, 9.17) is 9.15 Å². The summed E-state index contributed by atoms with van der Waals surface area (Å²) >= 11 is 0. The van der Waals surface area contributed by atoms with Crippen LogP contribution in [0.15, 0.2) is 16.5 Å². The summed E-state index contributed by atoms with van der Waals surface area (Å²) in [6, 6.07) is 3.85. The Morgan fingerprint density at radius 2 is 2.20 bits per heavy atom. The van der Waals surface area contributed by atoms with Gasteiger partial charge in [-0.15, -0.1) is 0 Å². The number of carbonyl (C=O) groups is 1. The van der Waals surface area contributed by atoms with Gasteiger partial charge in [0.05, 0.1) is 11.5 Å². The molecule has 3 heteroatoms. The molecule has 2 heterocycles. The van der Waals surface area contributed by atoms with Gasteiger partial charge < -0.3 is 13.9 Å². The number of ether oxygens (including phenoxy) is 1. The van der Waals surface area contributed by atoms with Crippen molar-refractivity contribution in [1.29, 1.82) is 0 Å². The molecule has 1 aromatic rings. The van der Waals surface area contributed by atoms with Gasteiger partial charge >= 0.3 is 0 Å². The molecule has 1 aromatic heterocycles.